The molecule has 3 aromatic heterocycles. The highest BCUT2D eigenvalue weighted by Gasteiger charge is 2.19. The Bertz CT molecular complexity index is 1190. The van der Waals surface area contributed by atoms with E-state index in [1.807, 2.05) is 50.5 Å². The van der Waals surface area contributed by atoms with Crippen molar-refractivity contribution in [3.63, 3.8) is 0 Å². The third kappa shape index (κ3) is 2.85. The number of rotatable bonds is 4. The molecule has 7 heteroatoms. The largest absolute Gasteiger partial charge is 0.360 e. The maximum Gasteiger partial charge on any atom is 0.259 e. The predicted molar refractivity (Wildman–Crippen MR) is 107 cm³/mol. The quantitative estimate of drug-likeness (QED) is 0.577. The molecular formula is C20H22N6O. The van der Waals surface area contributed by atoms with E-state index in [1.165, 1.54) is 6.33 Å². The normalized spacial score (nSPS) is 12.8. The number of benzene rings is 1. The smallest absolute Gasteiger partial charge is 0.259 e. The fraction of sp³-hybridized carbons (Fsp3) is 0.300. The molecule has 4 rings (SSSR count). The molecule has 0 bridgehead atoms. The standard InChI is InChI=1S/C20H22N6O/c1-11(2)26-15(8-14-7-5-6-12(3)16(14)20(26)27)13(4)25-19-17-18(22-9-21-17)23-10-24-19/h5-11,13H,1-4H3,(H2,21,22,23,24,25)/t13-/m1/s1. The van der Waals surface area contributed by atoms with Gasteiger partial charge in [-0.25, -0.2) is 15.0 Å². The van der Waals surface area contributed by atoms with Gasteiger partial charge in [0.1, 0.15) is 11.8 Å². The molecule has 4 aromatic rings. The van der Waals surface area contributed by atoms with Crippen LogP contribution in [0.2, 0.25) is 0 Å². The van der Waals surface area contributed by atoms with Crippen molar-refractivity contribution in [3.05, 3.63) is 58.5 Å². The molecule has 0 unspecified atom stereocenters. The van der Waals surface area contributed by atoms with Crippen LogP contribution in [0, 0.1) is 6.92 Å². The summed E-state index contributed by atoms with van der Waals surface area (Å²) < 4.78 is 1.86. The van der Waals surface area contributed by atoms with Gasteiger partial charge >= 0.3 is 0 Å². The monoisotopic (exact) mass is 362 g/mol. The van der Waals surface area contributed by atoms with Gasteiger partial charge < -0.3 is 14.9 Å². The molecule has 7 nitrogen and oxygen atoms in total. The van der Waals surface area contributed by atoms with Gasteiger partial charge in [-0.15, -0.1) is 0 Å². The minimum atomic E-state index is -0.133. The van der Waals surface area contributed by atoms with Gasteiger partial charge in [-0.05, 0) is 44.7 Å². The molecule has 3 heterocycles. The van der Waals surface area contributed by atoms with Crippen LogP contribution in [-0.2, 0) is 0 Å². The molecule has 0 aliphatic carbocycles. The minimum absolute atomic E-state index is 0.0401. The number of hydrogen-bond donors (Lipinski definition) is 2. The van der Waals surface area contributed by atoms with Crippen molar-refractivity contribution < 1.29 is 0 Å². The summed E-state index contributed by atoms with van der Waals surface area (Å²) in [5, 5.41) is 5.14. The summed E-state index contributed by atoms with van der Waals surface area (Å²) in [6, 6.07) is 7.95. The van der Waals surface area contributed by atoms with Crippen LogP contribution in [0.15, 0.2) is 41.7 Å². The van der Waals surface area contributed by atoms with Crippen LogP contribution in [0.25, 0.3) is 21.9 Å². The van der Waals surface area contributed by atoms with Crippen LogP contribution in [0.4, 0.5) is 5.82 Å². The Hall–Kier alpha value is -3.22. The van der Waals surface area contributed by atoms with Gasteiger partial charge in [0, 0.05) is 11.7 Å². The van der Waals surface area contributed by atoms with E-state index in [-0.39, 0.29) is 17.6 Å². The van der Waals surface area contributed by atoms with Crippen molar-refractivity contribution in [2.24, 2.45) is 0 Å². The molecule has 0 fully saturated rings. The molecule has 138 valence electrons. The third-order valence-corrected chi connectivity index (χ3v) is 4.86. The average molecular weight is 362 g/mol. The van der Waals surface area contributed by atoms with Gasteiger partial charge in [-0.2, -0.15) is 0 Å². The molecule has 2 N–H and O–H groups in total. The summed E-state index contributed by atoms with van der Waals surface area (Å²) in [6.07, 6.45) is 3.08. The summed E-state index contributed by atoms with van der Waals surface area (Å²) >= 11 is 0. The number of imidazole rings is 1. The van der Waals surface area contributed by atoms with Crippen molar-refractivity contribution in [1.82, 2.24) is 24.5 Å². The number of aromatic nitrogens is 5. The van der Waals surface area contributed by atoms with E-state index in [0.717, 1.165) is 27.5 Å². The predicted octanol–water partition coefficient (Wildman–Crippen LogP) is 3.73. The SMILES string of the molecule is Cc1cccc2cc([C@@H](C)Nc3ncnc4nc[nH]c34)n(C(C)C)c(=O)c12. The summed E-state index contributed by atoms with van der Waals surface area (Å²) in [4.78, 5) is 28.9. The van der Waals surface area contributed by atoms with Gasteiger partial charge in [0.25, 0.3) is 5.56 Å². The second-order valence-electron chi connectivity index (χ2n) is 7.07. The van der Waals surface area contributed by atoms with Crippen LogP contribution < -0.4 is 10.9 Å². The zero-order valence-corrected chi connectivity index (χ0v) is 15.8. The molecule has 0 saturated carbocycles. The van der Waals surface area contributed by atoms with E-state index in [9.17, 15) is 4.79 Å². The molecule has 27 heavy (non-hydrogen) atoms. The van der Waals surface area contributed by atoms with Crippen LogP contribution in [0.3, 0.4) is 0 Å². The lowest BCUT2D eigenvalue weighted by Crippen LogP contribution is -2.28. The number of fused-ring (bicyclic) bond motifs is 2. The second-order valence-corrected chi connectivity index (χ2v) is 7.07. The van der Waals surface area contributed by atoms with Gasteiger partial charge in [0.05, 0.1) is 17.8 Å². The lowest BCUT2D eigenvalue weighted by molar-refractivity contribution is 0.541. The van der Waals surface area contributed by atoms with Crippen molar-refractivity contribution in [1.29, 1.82) is 0 Å². The molecule has 1 aromatic carbocycles. The molecule has 0 amide bonds. The number of nitrogens with zero attached hydrogens (tertiary/aromatic N) is 4. The molecular weight excluding hydrogens is 340 g/mol. The maximum atomic E-state index is 13.2. The third-order valence-electron chi connectivity index (χ3n) is 4.86. The Labute approximate surface area is 156 Å². The van der Waals surface area contributed by atoms with E-state index >= 15 is 0 Å². The summed E-state index contributed by atoms with van der Waals surface area (Å²) in [5.74, 6) is 0.664. The van der Waals surface area contributed by atoms with E-state index in [4.69, 9.17) is 0 Å². The van der Waals surface area contributed by atoms with E-state index in [2.05, 4.69) is 31.3 Å². The van der Waals surface area contributed by atoms with E-state index in [0.29, 0.717) is 11.5 Å². The summed E-state index contributed by atoms with van der Waals surface area (Å²) in [5.41, 5.74) is 3.31. The van der Waals surface area contributed by atoms with Gasteiger partial charge in [0.2, 0.25) is 0 Å². The first-order valence-electron chi connectivity index (χ1n) is 9.02. The zero-order chi connectivity index (χ0) is 19.1. The first-order valence-corrected chi connectivity index (χ1v) is 9.02. The average Bonchev–Trinajstić information content (AvgIpc) is 3.10. The Kier molecular flexibility index (Phi) is 4.14. The van der Waals surface area contributed by atoms with Gasteiger partial charge in [0.15, 0.2) is 11.5 Å². The number of H-pyrrole nitrogens is 1. The highest BCUT2D eigenvalue weighted by Crippen LogP contribution is 2.26. The van der Waals surface area contributed by atoms with Crippen LogP contribution >= 0.6 is 0 Å². The summed E-state index contributed by atoms with van der Waals surface area (Å²) in [7, 11) is 0. The highest BCUT2D eigenvalue weighted by molar-refractivity contribution is 5.85. The van der Waals surface area contributed by atoms with Gasteiger partial charge in [-0.3, -0.25) is 4.79 Å². The number of aryl methyl sites for hydroxylation is 1. The highest BCUT2D eigenvalue weighted by atomic mass is 16.1. The Balaban J connectivity index is 1.86. The van der Waals surface area contributed by atoms with Crippen molar-refractivity contribution in [3.8, 4) is 0 Å². The topological polar surface area (TPSA) is 88.5 Å². The number of hydrogen-bond acceptors (Lipinski definition) is 5. The fourth-order valence-corrected chi connectivity index (χ4v) is 3.59. The Morgan fingerprint density at radius 1 is 1.15 bits per heavy atom. The fourth-order valence-electron chi connectivity index (χ4n) is 3.59. The van der Waals surface area contributed by atoms with Crippen molar-refractivity contribution in [2.75, 3.05) is 5.32 Å². The molecule has 0 aliphatic heterocycles. The molecule has 0 aliphatic rings. The van der Waals surface area contributed by atoms with Crippen LogP contribution in [-0.4, -0.2) is 24.5 Å². The number of pyridine rings is 1. The Morgan fingerprint density at radius 3 is 2.74 bits per heavy atom. The summed E-state index contributed by atoms with van der Waals surface area (Å²) in [6.45, 7) is 8.06. The lowest BCUT2D eigenvalue weighted by atomic mass is 10.0. The molecule has 0 saturated heterocycles. The van der Waals surface area contributed by atoms with Crippen LogP contribution in [0.1, 0.15) is 44.1 Å². The van der Waals surface area contributed by atoms with E-state index in [1.54, 1.807) is 6.33 Å². The number of anilines is 1. The van der Waals surface area contributed by atoms with Crippen molar-refractivity contribution in [2.45, 2.75) is 39.8 Å². The first-order chi connectivity index (χ1) is 13.0. The van der Waals surface area contributed by atoms with E-state index < -0.39 is 0 Å². The lowest BCUT2D eigenvalue weighted by Gasteiger charge is -2.23. The number of nitrogens with one attached hydrogen (secondary N) is 2. The zero-order valence-electron chi connectivity index (χ0n) is 15.8. The minimum Gasteiger partial charge on any atom is -0.360 e. The second kappa shape index (κ2) is 6.50. The first kappa shape index (κ1) is 17.2. The maximum absolute atomic E-state index is 13.2. The Morgan fingerprint density at radius 2 is 1.96 bits per heavy atom. The van der Waals surface area contributed by atoms with Crippen molar-refractivity contribution >= 4 is 27.8 Å². The van der Waals surface area contributed by atoms with Gasteiger partial charge in [-0.1, -0.05) is 18.2 Å². The molecule has 0 spiro atoms. The number of aromatic amines is 1. The van der Waals surface area contributed by atoms with Crippen LogP contribution in [0.5, 0.6) is 0 Å². The molecule has 1 atom stereocenters. The molecule has 0 radical (unpaired) electrons.